The van der Waals surface area contributed by atoms with E-state index in [9.17, 15) is 12.8 Å². The highest BCUT2D eigenvalue weighted by molar-refractivity contribution is 7.88. The van der Waals surface area contributed by atoms with Crippen molar-refractivity contribution in [1.29, 1.82) is 0 Å². The van der Waals surface area contributed by atoms with Gasteiger partial charge in [0.1, 0.15) is 0 Å². The molecule has 2 aliphatic rings. The highest BCUT2D eigenvalue weighted by Gasteiger charge is 2.40. The Hall–Kier alpha value is -1.32. The van der Waals surface area contributed by atoms with Crippen molar-refractivity contribution in [2.75, 3.05) is 50.5 Å². The Kier molecular flexibility index (Phi) is 4.52. The molecular weight excluding hydrogens is 323 g/mol. The zero-order valence-corrected chi connectivity index (χ0v) is 13.9. The first kappa shape index (κ1) is 16.5. The number of rotatable bonds is 2. The predicted molar refractivity (Wildman–Crippen MR) is 83.1 cm³/mol. The number of hydrogen-bond acceptors (Lipinski definition) is 6. The smallest absolute Gasteiger partial charge is 0.225 e. The van der Waals surface area contributed by atoms with Gasteiger partial charge in [0, 0.05) is 31.6 Å². The second-order valence-electron chi connectivity index (χ2n) is 6.34. The molecule has 0 unspecified atom stereocenters. The molecule has 0 aromatic carbocycles. The van der Waals surface area contributed by atoms with Crippen molar-refractivity contribution in [3.05, 3.63) is 18.2 Å². The van der Waals surface area contributed by atoms with Crippen molar-refractivity contribution in [2.24, 2.45) is 5.41 Å². The van der Waals surface area contributed by atoms with E-state index in [1.807, 2.05) is 4.90 Å². The van der Waals surface area contributed by atoms with E-state index < -0.39 is 15.8 Å². The van der Waals surface area contributed by atoms with Crippen molar-refractivity contribution in [3.8, 4) is 0 Å². The topological polar surface area (TPSA) is 75.6 Å². The van der Waals surface area contributed by atoms with Crippen LogP contribution in [-0.2, 0) is 14.8 Å². The van der Waals surface area contributed by atoms with Crippen LogP contribution in [-0.4, -0.2) is 68.3 Å². The van der Waals surface area contributed by atoms with Crippen LogP contribution in [0, 0.1) is 11.2 Å². The van der Waals surface area contributed by atoms with E-state index in [1.165, 1.54) is 10.6 Å². The van der Waals surface area contributed by atoms with E-state index in [1.54, 1.807) is 0 Å². The quantitative estimate of drug-likeness (QED) is 0.777. The number of nitrogens with zero attached hydrogens (tertiary/aromatic N) is 4. The molecule has 2 saturated heterocycles. The molecule has 2 fully saturated rings. The van der Waals surface area contributed by atoms with Gasteiger partial charge in [-0.3, -0.25) is 0 Å². The molecule has 1 aromatic rings. The largest absolute Gasteiger partial charge is 0.379 e. The molecule has 9 heteroatoms. The minimum Gasteiger partial charge on any atom is -0.379 e. The molecule has 3 heterocycles. The molecule has 0 aliphatic carbocycles. The number of hydrogen-bond donors (Lipinski definition) is 0. The van der Waals surface area contributed by atoms with Gasteiger partial charge in [-0.25, -0.2) is 22.8 Å². The summed E-state index contributed by atoms with van der Waals surface area (Å²) >= 11 is 0. The van der Waals surface area contributed by atoms with Gasteiger partial charge in [-0.15, -0.1) is 0 Å². The van der Waals surface area contributed by atoms with Crippen molar-refractivity contribution in [1.82, 2.24) is 14.3 Å². The second kappa shape index (κ2) is 6.29. The summed E-state index contributed by atoms with van der Waals surface area (Å²) in [6.07, 6.45) is 5.15. The first-order valence-corrected chi connectivity index (χ1v) is 9.48. The number of aromatic nitrogens is 2. The van der Waals surface area contributed by atoms with Gasteiger partial charge in [-0.05, 0) is 12.8 Å². The molecule has 3 rings (SSSR count). The van der Waals surface area contributed by atoms with Crippen LogP contribution in [0.1, 0.15) is 12.8 Å². The fourth-order valence-corrected chi connectivity index (χ4v) is 4.10. The number of piperidine rings is 1. The number of anilines is 1. The molecule has 0 N–H and O–H groups in total. The van der Waals surface area contributed by atoms with Gasteiger partial charge in [-0.1, -0.05) is 0 Å². The van der Waals surface area contributed by atoms with Crippen molar-refractivity contribution in [3.63, 3.8) is 0 Å². The van der Waals surface area contributed by atoms with Crippen LogP contribution < -0.4 is 4.90 Å². The Bertz CT molecular complexity index is 644. The predicted octanol–water partition coefficient (Wildman–Crippen LogP) is 0.494. The standard InChI is InChI=1S/C14H21FN4O3S/c1-23(20,21)19-6-7-22-11-14(10-19)2-4-18(5-3-14)13-16-8-12(15)9-17-13/h8-9H,2-7,10-11H2,1H3. The van der Waals surface area contributed by atoms with Crippen LogP contribution in [0.4, 0.5) is 10.3 Å². The van der Waals surface area contributed by atoms with Crippen LogP contribution in [0.3, 0.4) is 0 Å². The summed E-state index contributed by atoms with van der Waals surface area (Å²) in [5.74, 6) is 0.0546. The lowest BCUT2D eigenvalue weighted by molar-refractivity contribution is 0.0517. The van der Waals surface area contributed by atoms with E-state index >= 15 is 0 Å². The molecule has 0 radical (unpaired) electrons. The van der Waals surface area contributed by atoms with Crippen LogP contribution in [0.25, 0.3) is 0 Å². The van der Waals surface area contributed by atoms with Crippen molar-refractivity contribution >= 4 is 16.0 Å². The van der Waals surface area contributed by atoms with Gasteiger partial charge in [0.2, 0.25) is 16.0 Å². The zero-order valence-electron chi connectivity index (χ0n) is 13.1. The normalized spacial score (nSPS) is 23.0. The maximum atomic E-state index is 12.9. The Balaban J connectivity index is 1.69. The molecule has 23 heavy (non-hydrogen) atoms. The summed E-state index contributed by atoms with van der Waals surface area (Å²) < 4.78 is 43.9. The fraction of sp³-hybridized carbons (Fsp3) is 0.714. The minimum absolute atomic E-state index is 0.171. The average Bonchev–Trinajstić information content (AvgIpc) is 2.72. The summed E-state index contributed by atoms with van der Waals surface area (Å²) in [6, 6.07) is 0. The van der Waals surface area contributed by atoms with Crippen molar-refractivity contribution in [2.45, 2.75) is 12.8 Å². The van der Waals surface area contributed by atoms with E-state index in [0.717, 1.165) is 25.2 Å². The highest BCUT2D eigenvalue weighted by atomic mass is 32.2. The number of sulfonamides is 1. The van der Waals surface area contributed by atoms with Gasteiger partial charge in [-0.2, -0.15) is 4.31 Å². The van der Waals surface area contributed by atoms with Crippen LogP contribution in [0.5, 0.6) is 0 Å². The number of halogens is 1. The van der Waals surface area contributed by atoms with Gasteiger partial charge in [0.25, 0.3) is 0 Å². The molecular formula is C14H21FN4O3S. The maximum absolute atomic E-state index is 12.9. The summed E-state index contributed by atoms with van der Waals surface area (Å²) in [5, 5.41) is 0. The minimum atomic E-state index is -3.22. The lowest BCUT2D eigenvalue weighted by atomic mass is 9.79. The Morgan fingerprint density at radius 1 is 1.22 bits per heavy atom. The summed E-state index contributed by atoms with van der Waals surface area (Å²) in [5.41, 5.74) is -0.171. The van der Waals surface area contributed by atoms with Crippen molar-refractivity contribution < 1.29 is 17.5 Å². The Morgan fingerprint density at radius 2 is 1.87 bits per heavy atom. The lowest BCUT2D eigenvalue weighted by Gasteiger charge is -2.42. The third kappa shape index (κ3) is 3.78. The molecule has 0 amide bonds. The molecule has 1 aromatic heterocycles. The monoisotopic (exact) mass is 344 g/mol. The fourth-order valence-electron chi connectivity index (χ4n) is 3.19. The van der Waals surface area contributed by atoms with E-state index in [2.05, 4.69) is 9.97 Å². The third-order valence-corrected chi connectivity index (χ3v) is 5.84. The van der Waals surface area contributed by atoms with E-state index in [0.29, 0.717) is 45.3 Å². The first-order valence-electron chi connectivity index (χ1n) is 7.63. The first-order chi connectivity index (χ1) is 10.9. The third-order valence-electron chi connectivity index (χ3n) is 4.59. The SMILES string of the molecule is CS(=O)(=O)N1CCOCC2(CCN(c3ncc(F)cn3)CC2)C1. The summed E-state index contributed by atoms with van der Waals surface area (Å²) in [6.45, 7) is 3.30. The molecule has 2 aliphatic heterocycles. The van der Waals surface area contributed by atoms with Gasteiger partial charge >= 0.3 is 0 Å². The lowest BCUT2D eigenvalue weighted by Crippen LogP contribution is -2.48. The molecule has 7 nitrogen and oxygen atoms in total. The van der Waals surface area contributed by atoms with Crippen LogP contribution in [0.2, 0.25) is 0 Å². The van der Waals surface area contributed by atoms with Crippen LogP contribution >= 0.6 is 0 Å². The molecule has 128 valence electrons. The number of ether oxygens (including phenoxy) is 1. The highest BCUT2D eigenvalue weighted by Crippen LogP contribution is 2.35. The maximum Gasteiger partial charge on any atom is 0.225 e. The zero-order chi connectivity index (χ0) is 16.5. The van der Waals surface area contributed by atoms with E-state index in [-0.39, 0.29) is 5.41 Å². The van der Waals surface area contributed by atoms with Crippen LogP contribution in [0.15, 0.2) is 12.4 Å². The average molecular weight is 344 g/mol. The molecule has 0 saturated carbocycles. The Morgan fingerprint density at radius 3 is 2.48 bits per heavy atom. The summed E-state index contributed by atoms with van der Waals surface area (Å²) in [7, 11) is -3.22. The van der Waals surface area contributed by atoms with E-state index in [4.69, 9.17) is 4.74 Å². The second-order valence-corrected chi connectivity index (χ2v) is 8.32. The van der Waals surface area contributed by atoms with Gasteiger partial charge in [0.15, 0.2) is 5.82 Å². The van der Waals surface area contributed by atoms with Gasteiger partial charge < -0.3 is 9.64 Å². The van der Waals surface area contributed by atoms with Gasteiger partial charge in [0.05, 0.1) is 31.9 Å². The molecule has 0 bridgehead atoms. The Labute approximate surface area is 135 Å². The molecule has 1 spiro atoms. The summed E-state index contributed by atoms with van der Waals surface area (Å²) in [4.78, 5) is 10.0. The molecule has 0 atom stereocenters.